The van der Waals surface area contributed by atoms with Gasteiger partial charge in [0.15, 0.2) is 5.58 Å². The second kappa shape index (κ2) is 5.50. The second-order valence-electron chi connectivity index (χ2n) is 4.52. The van der Waals surface area contributed by atoms with Crippen LogP contribution in [-0.4, -0.2) is 9.67 Å². The van der Waals surface area contributed by atoms with E-state index in [0.717, 1.165) is 0 Å². The minimum absolute atomic E-state index is 0.407. The zero-order chi connectivity index (χ0) is 15.1. The summed E-state index contributed by atoms with van der Waals surface area (Å²) in [7, 11) is 0. The van der Waals surface area contributed by atoms with Gasteiger partial charge in [0.05, 0.1) is 9.85 Å². The monoisotopic (exact) mass is 343 g/mol. The van der Waals surface area contributed by atoms with Gasteiger partial charge in [-0.15, -0.1) is 11.3 Å². The van der Waals surface area contributed by atoms with Crippen molar-refractivity contribution in [1.29, 1.82) is 0 Å². The molecule has 2 heterocycles. The largest absolute Gasteiger partial charge is 0.419 e. The van der Waals surface area contributed by atoms with Crippen LogP contribution in [0.3, 0.4) is 0 Å². The molecular formula is C14H11Cl2NO3S. The van der Waals surface area contributed by atoms with Gasteiger partial charge >= 0.3 is 5.76 Å². The first-order valence-electron chi connectivity index (χ1n) is 6.27. The van der Waals surface area contributed by atoms with Gasteiger partial charge in [-0.3, -0.25) is 4.57 Å². The molecule has 0 radical (unpaired) electrons. The van der Waals surface area contributed by atoms with E-state index >= 15 is 0 Å². The van der Waals surface area contributed by atoms with Crippen LogP contribution < -0.4 is 5.76 Å². The molecule has 0 fully saturated rings. The van der Waals surface area contributed by atoms with Crippen LogP contribution in [0.2, 0.25) is 8.67 Å². The molecule has 21 heavy (non-hydrogen) atoms. The Balaban J connectivity index is 2.09. The van der Waals surface area contributed by atoms with Crippen molar-refractivity contribution < 1.29 is 9.52 Å². The maximum atomic E-state index is 11.7. The minimum atomic E-state index is -0.916. The van der Waals surface area contributed by atoms with Gasteiger partial charge in [0.2, 0.25) is 0 Å². The molecule has 4 nitrogen and oxygen atoms in total. The molecule has 110 valence electrons. The Morgan fingerprint density at radius 2 is 2.14 bits per heavy atom. The molecule has 0 aliphatic carbocycles. The topological polar surface area (TPSA) is 55.4 Å². The molecule has 0 saturated carbocycles. The smallest absolute Gasteiger partial charge is 0.408 e. The number of halogens is 2. The maximum absolute atomic E-state index is 11.7. The number of oxazole rings is 1. The van der Waals surface area contributed by atoms with Crippen LogP contribution in [0.1, 0.15) is 24.2 Å². The summed E-state index contributed by atoms with van der Waals surface area (Å²) in [4.78, 5) is 11.7. The molecule has 0 bridgehead atoms. The first kappa shape index (κ1) is 14.7. The lowest BCUT2D eigenvalue weighted by atomic mass is 10.0. The summed E-state index contributed by atoms with van der Waals surface area (Å²) in [5, 5.41) is 10.4. The number of hydrogen-bond acceptors (Lipinski definition) is 4. The molecule has 1 aromatic carbocycles. The third kappa shape index (κ3) is 2.51. The molecule has 0 aliphatic heterocycles. The van der Waals surface area contributed by atoms with E-state index in [1.807, 2.05) is 6.92 Å². The Kier molecular flexibility index (Phi) is 3.84. The third-order valence-corrected chi connectivity index (χ3v) is 4.82. The minimum Gasteiger partial charge on any atom is -0.408 e. The Morgan fingerprint density at radius 3 is 2.76 bits per heavy atom. The summed E-state index contributed by atoms with van der Waals surface area (Å²) in [6.45, 7) is 2.39. The zero-order valence-corrected chi connectivity index (χ0v) is 13.3. The molecular weight excluding hydrogens is 333 g/mol. The van der Waals surface area contributed by atoms with Crippen molar-refractivity contribution >= 4 is 45.6 Å². The van der Waals surface area contributed by atoms with Crippen LogP contribution in [0.25, 0.3) is 11.1 Å². The second-order valence-corrected chi connectivity index (χ2v) is 6.81. The van der Waals surface area contributed by atoms with E-state index in [0.29, 0.717) is 37.4 Å². The number of aliphatic hydroxyl groups excluding tert-OH is 1. The first-order chi connectivity index (χ1) is 10.0. The molecule has 3 rings (SSSR count). The molecule has 1 unspecified atom stereocenters. The predicted octanol–water partition coefficient (Wildman–Crippen LogP) is 4.06. The molecule has 0 amide bonds. The SMILES string of the molecule is CCn1c(=O)oc2cc(C(O)c3cc(Cl)sc3Cl)ccc21. The van der Waals surface area contributed by atoms with Gasteiger partial charge in [-0.25, -0.2) is 4.79 Å². The molecule has 3 aromatic rings. The van der Waals surface area contributed by atoms with Gasteiger partial charge in [-0.2, -0.15) is 0 Å². The fourth-order valence-corrected chi connectivity index (χ4v) is 3.79. The molecule has 0 aliphatic rings. The molecule has 1 N–H and O–H groups in total. The number of hydrogen-bond donors (Lipinski definition) is 1. The van der Waals surface area contributed by atoms with Crippen molar-refractivity contribution in [3.63, 3.8) is 0 Å². The van der Waals surface area contributed by atoms with Crippen molar-refractivity contribution in [3.8, 4) is 0 Å². The van der Waals surface area contributed by atoms with Crippen LogP contribution in [0, 0.1) is 0 Å². The van der Waals surface area contributed by atoms with E-state index in [-0.39, 0.29) is 0 Å². The Bertz CT molecular complexity index is 865. The van der Waals surface area contributed by atoms with Gasteiger partial charge in [-0.1, -0.05) is 29.3 Å². The van der Waals surface area contributed by atoms with Gasteiger partial charge in [0, 0.05) is 12.1 Å². The summed E-state index contributed by atoms with van der Waals surface area (Å²) >= 11 is 13.2. The average molecular weight is 344 g/mol. The Morgan fingerprint density at radius 1 is 1.38 bits per heavy atom. The quantitative estimate of drug-likeness (QED) is 0.779. The number of thiophene rings is 1. The van der Waals surface area contributed by atoms with Crippen LogP contribution in [0.4, 0.5) is 0 Å². The summed E-state index contributed by atoms with van der Waals surface area (Å²) in [6.07, 6.45) is -0.916. The molecule has 7 heteroatoms. The number of rotatable bonds is 3. The summed E-state index contributed by atoms with van der Waals surface area (Å²) in [6, 6.07) is 6.78. The lowest BCUT2D eigenvalue weighted by Crippen LogP contribution is -2.11. The predicted molar refractivity (Wildman–Crippen MR) is 84.5 cm³/mol. The fraction of sp³-hybridized carbons (Fsp3) is 0.214. The maximum Gasteiger partial charge on any atom is 0.419 e. The van der Waals surface area contributed by atoms with Gasteiger partial charge < -0.3 is 9.52 Å². The number of aliphatic hydroxyl groups is 1. The highest BCUT2D eigenvalue weighted by atomic mass is 35.5. The van der Waals surface area contributed by atoms with Crippen molar-refractivity contribution in [2.45, 2.75) is 19.6 Å². The van der Waals surface area contributed by atoms with Gasteiger partial charge in [-0.05, 0) is 30.7 Å². The van der Waals surface area contributed by atoms with E-state index in [4.69, 9.17) is 27.6 Å². The van der Waals surface area contributed by atoms with Crippen LogP contribution in [0.5, 0.6) is 0 Å². The summed E-state index contributed by atoms with van der Waals surface area (Å²) in [5.41, 5.74) is 2.28. The highest BCUT2D eigenvalue weighted by Crippen LogP contribution is 2.37. The Labute approximate surface area is 134 Å². The summed E-state index contributed by atoms with van der Waals surface area (Å²) in [5.74, 6) is -0.407. The number of fused-ring (bicyclic) bond motifs is 1. The molecule has 0 saturated heterocycles. The number of aryl methyl sites for hydroxylation is 1. The number of nitrogens with zero attached hydrogens (tertiary/aromatic N) is 1. The van der Waals surface area contributed by atoms with Crippen LogP contribution in [0.15, 0.2) is 33.5 Å². The van der Waals surface area contributed by atoms with E-state index < -0.39 is 11.9 Å². The molecule has 2 aromatic heterocycles. The van der Waals surface area contributed by atoms with Gasteiger partial charge in [0.1, 0.15) is 10.4 Å². The number of aromatic nitrogens is 1. The first-order valence-corrected chi connectivity index (χ1v) is 7.84. The Hall–Kier alpha value is -1.27. The number of benzene rings is 1. The normalized spacial score (nSPS) is 13.0. The zero-order valence-electron chi connectivity index (χ0n) is 11.0. The highest BCUT2D eigenvalue weighted by Gasteiger charge is 2.18. The highest BCUT2D eigenvalue weighted by molar-refractivity contribution is 7.20. The van der Waals surface area contributed by atoms with Gasteiger partial charge in [0.25, 0.3) is 0 Å². The molecule has 1 atom stereocenters. The van der Waals surface area contributed by atoms with E-state index in [2.05, 4.69) is 0 Å². The van der Waals surface area contributed by atoms with E-state index in [1.54, 1.807) is 24.3 Å². The van der Waals surface area contributed by atoms with Crippen LogP contribution >= 0.6 is 34.5 Å². The lowest BCUT2D eigenvalue weighted by molar-refractivity contribution is 0.221. The average Bonchev–Trinajstić information content (AvgIpc) is 2.95. The van der Waals surface area contributed by atoms with E-state index in [1.165, 1.54) is 15.9 Å². The summed E-state index contributed by atoms with van der Waals surface area (Å²) < 4.78 is 7.68. The lowest BCUT2D eigenvalue weighted by Gasteiger charge is -2.10. The standard InChI is InChI=1S/C14H11Cl2NO3S/c1-2-17-9-4-3-7(5-10(9)20-14(17)19)12(18)8-6-11(15)21-13(8)16/h3-6,12,18H,2H2,1H3. The van der Waals surface area contributed by atoms with Crippen molar-refractivity contribution in [1.82, 2.24) is 4.57 Å². The van der Waals surface area contributed by atoms with Crippen molar-refractivity contribution in [2.75, 3.05) is 0 Å². The third-order valence-electron chi connectivity index (χ3n) is 3.30. The van der Waals surface area contributed by atoms with Crippen molar-refractivity contribution in [2.24, 2.45) is 0 Å². The van der Waals surface area contributed by atoms with Crippen LogP contribution in [-0.2, 0) is 6.54 Å². The van der Waals surface area contributed by atoms with Crippen molar-refractivity contribution in [3.05, 3.63) is 54.6 Å². The fourth-order valence-electron chi connectivity index (χ4n) is 2.27. The van der Waals surface area contributed by atoms with E-state index in [9.17, 15) is 9.90 Å². The molecule has 0 spiro atoms.